The summed E-state index contributed by atoms with van der Waals surface area (Å²) in [6, 6.07) is 24.6. The molecule has 9 nitrogen and oxygen atoms in total. The molecule has 0 unspecified atom stereocenters. The minimum Gasteiger partial charge on any atom is -0.461 e. The molecule has 0 aliphatic carbocycles. The van der Waals surface area contributed by atoms with E-state index in [4.69, 9.17) is 10.1 Å². The Kier molecular flexibility index (Phi) is 5.66. The van der Waals surface area contributed by atoms with Gasteiger partial charge in [-0.15, -0.1) is 0 Å². The van der Waals surface area contributed by atoms with Crippen LogP contribution in [0.2, 0.25) is 0 Å². The molecule has 0 spiro atoms. The van der Waals surface area contributed by atoms with Crippen LogP contribution in [0.1, 0.15) is 11.7 Å². The van der Waals surface area contributed by atoms with Gasteiger partial charge in [-0.2, -0.15) is 10.2 Å². The lowest BCUT2D eigenvalue weighted by atomic mass is 10.0. The number of benzene rings is 3. The molecule has 0 saturated carbocycles. The molecule has 0 aromatic heterocycles. The molecule has 1 saturated heterocycles. The summed E-state index contributed by atoms with van der Waals surface area (Å²) in [5, 5.41) is 28.0. The van der Waals surface area contributed by atoms with Crippen LogP contribution in [0.5, 0.6) is 0 Å². The number of nitrogens with one attached hydrogen (secondary N) is 3. The summed E-state index contributed by atoms with van der Waals surface area (Å²) in [7, 11) is 0. The summed E-state index contributed by atoms with van der Waals surface area (Å²) in [5.74, 6) is -0.152. The van der Waals surface area contributed by atoms with Crippen LogP contribution in [0.4, 0.5) is 17.1 Å². The molecule has 3 N–H and O–H groups in total. The van der Waals surface area contributed by atoms with Crippen molar-refractivity contribution in [3.05, 3.63) is 101 Å². The Balaban J connectivity index is 1.68. The maximum absolute atomic E-state index is 11.0. The molecule has 1 heterocycles. The molecular weight excluding hydrogens is 396 g/mol. The Morgan fingerprint density at radius 1 is 0.839 bits per heavy atom. The van der Waals surface area contributed by atoms with Crippen LogP contribution in [0.3, 0.4) is 0 Å². The van der Waals surface area contributed by atoms with Gasteiger partial charge in [-0.3, -0.25) is 26.4 Å². The number of nitro benzene ring substituents is 1. The number of hydrazone groups is 2. The number of nitro groups is 1. The van der Waals surface area contributed by atoms with Gasteiger partial charge in [0.15, 0.2) is 11.8 Å². The molecular formula is C22H18N6O3. The number of anilines is 2. The molecule has 154 valence electrons. The second-order valence-electron chi connectivity index (χ2n) is 6.59. The molecule has 1 aliphatic rings. The second-order valence-corrected chi connectivity index (χ2v) is 6.59. The molecule has 4 rings (SSSR count). The van der Waals surface area contributed by atoms with Gasteiger partial charge in [-0.1, -0.05) is 36.4 Å². The fourth-order valence-corrected chi connectivity index (χ4v) is 2.96. The average molecular weight is 414 g/mol. The van der Waals surface area contributed by atoms with Crippen LogP contribution < -0.4 is 10.9 Å². The minimum absolute atomic E-state index is 0.0302. The van der Waals surface area contributed by atoms with Crippen molar-refractivity contribution in [2.24, 2.45) is 10.2 Å². The van der Waals surface area contributed by atoms with E-state index in [9.17, 15) is 10.1 Å². The van der Waals surface area contributed by atoms with Gasteiger partial charge < -0.3 is 4.74 Å². The Labute approximate surface area is 177 Å². The third kappa shape index (κ3) is 4.56. The van der Waals surface area contributed by atoms with Gasteiger partial charge in [-0.05, 0) is 42.0 Å². The van der Waals surface area contributed by atoms with Crippen LogP contribution in [-0.2, 0) is 4.74 Å². The first kappa shape index (κ1) is 19.8. The second kappa shape index (κ2) is 8.87. The van der Waals surface area contributed by atoms with Crippen molar-refractivity contribution in [3.8, 4) is 0 Å². The summed E-state index contributed by atoms with van der Waals surface area (Å²) < 4.78 is 5.72. The molecule has 1 fully saturated rings. The molecule has 9 heteroatoms. The van der Waals surface area contributed by atoms with E-state index in [1.54, 1.807) is 12.1 Å². The smallest absolute Gasteiger partial charge is 0.269 e. The SMILES string of the molecule is N=C1O[C@@H](c2ccc([N+](=O)[O-])cc2)C(=N/Nc2ccccc2)/C1=N\Nc1ccccc1. The third-order valence-corrected chi connectivity index (χ3v) is 4.50. The van der Waals surface area contributed by atoms with Gasteiger partial charge >= 0.3 is 0 Å². The van der Waals surface area contributed by atoms with Crippen molar-refractivity contribution in [2.45, 2.75) is 6.10 Å². The summed E-state index contributed by atoms with van der Waals surface area (Å²) >= 11 is 0. The van der Waals surface area contributed by atoms with Gasteiger partial charge in [-0.25, -0.2) is 0 Å². The van der Waals surface area contributed by atoms with Crippen molar-refractivity contribution in [2.75, 3.05) is 10.9 Å². The highest BCUT2D eigenvalue weighted by atomic mass is 16.6. The largest absolute Gasteiger partial charge is 0.461 e. The van der Waals surface area contributed by atoms with E-state index in [0.29, 0.717) is 11.3 Å². The number of hydrogen-bond acceptors (Lipinski definition) is 8. The van der Waals surface area contributed by atoms with E-state index in [0.717, 1.165) is 11.4 Å². The van der Waals surface area contributed by atoms with E-state index in [-0.39, 0.29) is 17.3 Å². The first-order chi connectivity index (χ1) is 15.1. The van der Waals surface area contributed by atoms with Gasteiger partial charge in [0, 0.05) is 12.1 Å². The molecule has 3 aromatic carbocycles. The standard InChI is InChI=1S/C22H18N6O3/c23-22-20(27-25-17-9-5-2-6-10-17)19(26-24-16-7-3-1-4-8-16)21(31-22)15-11-13-18(14-12-15)28(29)30/h1-14,21,23-25H/b23-22?,26-19+,27-20+/t21-/m0/s1. The van der Waals surface area contributed by atoms with E-state index in [2.05, 4.69) is 21.1 Å². The first-order valence-electron chi connectivity index (χ1n) is 9.39. The number of para-hydroxylation sites is 2. The van der Waals surface area contributed by atoms with Crippen LogP contribution >= 0.6 is 0 Å². The van der Waals surface area contributed by atoms with Gasteiger partial charge in [0.25, 0.3) is 5.69 Å². The molecule has 1 atom stereocenters. The Morgan fingerprint density at radius 3 is 1.94 bits per heavy atom. The highest BCUT2D eigenvalue weighted by molar-refractivity contribution is 6.69. The molecule has 31 heavy (non-hydrogen) atoms. The van der Waals surface area contributed by atoms with Crippen molar-refractivity contribution in [1.29, 1.82) is 5.41 Å². The van der Waals surface area contributed by atoms with Crippen LogP contribution in [0, 0.1) is 15.5 Å². The number of ether oxygens (including phenoxy) is 1. The van der Waals surface area contributed by atoms with Crippen LogP contribution in [-0.4, -0.2) is 22.2 Å². The minimum atomic E-state index is -0.735. The van der Waals surface area contributed by atoms with Crippen molar-refractivity contribution >= 4 is 34.4 Å². The normalized spacial score (nSPS) is 18.1. The summed E-state index contributed by atoms with van der Waals surface area (Å²) in [6.07, 6.45) is -0.735. The van der Waals surface area contributed by atoms with Crippen molar-refractivity contribution in [3.63, 3.8) is 0 Å². The zero-order valence-corrected chi connectivity index (χ0v) is 16.2. The number of hydrogen-bond donors (Lipinski definition) is 3. The Bertz CT molecular complexity index is 1140. The lowest BCUT2D eigenvalue weighted by molar-refractivity contribution is -0.384. The van der Waals surface area contributed by atoms with Crippen LogP contribution in [0.15, 0.2) is 95.1 Å². The molecule has 3 aromatic rings. The molecule has 1 aliphatic heterocycles. The van der Waals surface area contributed by atoms with E-state index < -0.39 is 11.0 Å². The predicted molar refractivity (Wildman–Crippen MR) is 120 cm³/mol. The van der Waals surface area contributed by atoms with Gasteiger partial charge in [0.05, 0.1) is 16.3 Å². The van der Waals surface area contributed by atoms with Crippen LogP contribution in [0.25, 0.3) is 0 Å². The van der Waals surface area contributed by atoms with Crippen molar-refractivity contribution < 1.29 is 9.66 Å². The molecule has 0 amide bonds. The molecule has 0 radical (unpaired) electrons. The highest BCUT2D eigenvalue weighted by Gasteiger charge is 2.37. The lowest BCUT2D eigenvalue weighted by Gasteiger charge is -2.11. The van der Waals surface area contributed by atoms with E-state index in [1.165, 1.54) is 12.1 Å². The predicted octanol–water partition coefficient (Wildman–Crippen LogP) is 4.58. The maximum atomic E-state index is 11.0. The third-order valence-electron chi connectivity index (χ3n) is 4.50. The highest BCUT2D eigenvalue weighted by Crippen LogP contribution is 2.28. The Hall–Kier alpha value is -4.53. The summed E-state index contributed by atoms with van der Waals surface area (Å²) in [4.78, 5) is 10.5. The number of nitrogens with zero attached hydrogens (tertiary/aromatic N) is 3. The fraction of sp³-hybridized carbons (Fsp3) is 0.0455. The summed E-state index contributed by atoms with van der Waals surface area (Å²) in [5.41, 5.74) is 8.57. The maximum Gasteiger partial charge on any atom is 0.269 e. The molecule has 0 bridgehead atoms. The first-order valence-corrected chi connectivity index (χ1v) is 9.39. The zero-order valence-electron chi connectivity index (χ0n) is 16.2. The topological polar surface area (TPSA) is 125 Å². The quantitative estimate of drug-likeness (QED) is 0.402. The van der Waals surface area contributed by atoms with Crippen molar-refractivity contribution in [1.82, 2.24) is 0 Å². The van der Waals surface area contributed by atoms with Gasteiger partial charge in [0.2, 0.25) is 5.90 Å². The van der Waals surface area contributed by atoms with E-state index >= 15 is 0 Å². The fourth-order valence-electron chi connectivity index (χ4n) is 2.96. The number of rotatable bonds is 6. The monoisotopic (exact) mass is 414 g/mol. The lowest BCUT2D eigenvalue weighted by Crippen LogP contribution is -2.19. The summed E-state index contributed by atoms with van der Waals surface area (Å²) in [6.45, 7) is 0. The average Bonchev–Trinajstić information content (AvgIpc) is 3.12. The Morgan fingerprint density at radius 2 is 1.39 bits per heavy atom. The number of non-ortho nitro benzene ring substituents is 1. The zero-order chi connectivity index (χ0) is 21.6. The van der Waals surface area contributed by atoms with Gasteiger partial charge in [0.1, 0.15) is 5.71 Å². The van der Waals surface area contributed by atoms with E-state index in [1.807, 2.05) is 60.7 Å².